The Kier molecular flexibility index (Phi) is 5.36. The van der Waals surface area contributed by atoms with E-state index in [9.17, 15) is 18.3 Å². The molecule has 116 valence electrons. The summed E-state index contributed by atoms with van der Waals surface area (Å²) in [6.45, 7) is 0.552. The largest absolute Gasteiger partial charge is 0.480 e. The molecule has 0 saturated carbocycles. The Hall–Kier alpha value is -1.40. The van der Waals surface area contributed by atoms with Crippen molar-refractivity contribution >= 4 is 15.8 Å². The molecule has 0 spiro atoms. The van der Waals surface area contributed by atoms with E-state index in [1.54, 1.807) is 24.3 Å². The SMILES string of the molecule is O=C(O)C(Cc1ccccc1)S(=O)(=O)CC1CCCCO1. The molecule has 1 saturated heterocycles. The zero-order chi connectivity index (χ0) is 15.3. The number of carboxylic acids is 1. The molecule has 0 bridgehead atoms. The Bertz CT molecular complexity index is 561. The molecule has 1 aliphatic rings. The van der Waals surface area contributed by atoms with Crippen molar-refractivity contribution < 1.29 is 23.1 Å². The quantitative estimate of drug-likeness (QED) is 0.864. The van der Waals surface area contributed by atoms with Gasteiger partial charge >= 0.3 is 5.97 Å². The van der Waals surface area contributed by atoms with Crippen molar-refractivity contribution in [3.63, 3.8) is 0 Å². The second kappa shape index (κ2) is 7.04. The summed E-state index contributed by atoms with van der Waals surface area (Å²) in [6, 6.07) is 8.82. The zero-order valence-corrected chi connectivity index (χ0v) is 12.6. The molecule has 1 fully saturated rings. The molecule has 1 aromatic rings. The molecule has 21 heavy (non-hydrogen) atoms. The second-order valence-corrected chi connectivity index (χ2v) is 7.56. The van der Waals surface area contributed by atoms with E-state index in [0.717, 1.165) is 12.8 Å². The average molecular weight is 312 g/mol. The summed E-state index contributed by atoms with van der Waals surface area (Å²) in [5.41, 5.74) is 0.707. The minimum Gasteiger partial charge on any atom is -0.480 e. The molecular formula is C15H20O5S. The van der Waals surface area contributed by atoms with Crippen LogP contribution in [-0.2, 0) is 25.8 Å². The summed E-state index contributed by atoms with van der Waals surface area (Å²) in [5, 5.41) is 7.87. The van der Waals surface area contributed by atoms with Crippen LogP contribution in [0.5, 0.6) is 0 Å². The van der Waals surface area contributed by atoms with Gasteiger partial charge in [-0.3, -0.25) is 4.79 Å². The van der Waals surface area contributed by atoms with Gasteiger partial charge in [0.15, 0.2) is 15.1 Å². The van der Waals surface area contributed by atoms with Crippen molar-refractivity contribution in [3.05, 3.63) is 35.9 Å². The normalized spacial score (nSPS) is 20.9. The molecule has 2 unspecified atom stereocenters. The van der Waals surface area contributed by atoms with Gasteiger partial charge in [-0.05, 0) is 31.2 Å². The first-order valence-corrected chi connectivity index (χ1v) is 8.80. The van der Waals surface area contributed by atoms with Crippen LogP contribution in [0.1, 0.15) is 24.8 Å². The summed E-state index contributed by atoms with van der Waals surface area (Å²) < 4.78 is 30.2. The van der Waals surface area contributed by atoms with Gasteiger partial charge in [-0.2, -0.15) is 0 Å². The number of carboxylic acid groups (broad SMARTS) is 1. The van der Waals surface area contributed by atoms with Crippen LogP contribution < -0.4 is 0 Å². The number of rotatable bonds is 6. The smallest absolute Gasteiger partial charge is 0.322 e. The second-order valence-electron chi connectivity index (χ2n) is 5.33. The van der Waals surface area contributed by atoms with E-state index >= 15 is 0 Å². The molecule has 1 N–H and O–H groups in total. The highest BCUT2D eigenvalue weighted by molar-refractivity contribution is 7.92. The van der Waals surface area contributed by atoms with Crippen molar-refractivity contribution in [2.75, 3.05) is 12.4 Å². The van der Waals surface area contributed by atoms with Gasteiger partial charge in [-0.1, -0.05) is 30.3 Å². The van der Waals surface area contributed by atoms with Crippen molar-refractivity contribution in [3.8, 4) is 0 Å². The number of hydrogen-bond donors (Lipinski definition) is 1. The van der Waals surface area contributed by atoms with E-state index in [0.29, 0.717) is 18.6 Å². The van der Waals surface area contributed by atoms with Gasteiger partial charge in [0.25, 0.3) is 0 Å². The monoisotopic (exact) mass is 312 g/mol. The third kappa shape index (κ3) is 4.54. The molecule has 6 heteroatoms. The van der Waals surface area contributed by atoms with Gasteiger partial charge in [0.1, 0.15) is 0 Å². The van der Waals surface area contributed by atoms with Crippen LogP contribution in [0.15, 0.2) is 30.3 Å². The number of aliphatic carboxylic acids is 1. The third-order valence-corrected chi connectivity index (χ3v) is 5.74. The van der Waals surface area contributed by atoms with E-state index in [1.807, 2.05) is 6.07 Å². The fourth-order valence-corrected chi connectivity index (χ4v) is 4.28. The average Bonchev–Trinajstić information content (AvgIpc) is 2.46. The molecule has 1 aliphatic heterocycles. The van der Waals surface area contributed by atoms with E-state index in [-0.39, 0.29) is 18.3 Å². The fraction of sp³-hybridized carbons (Fsp3) is 0.533. The standard InChI is InChI=1S/C15H20O5S/c16-15(17)14(10-12-6-2-1-3-7-12)21(18,19)11-13-8-4-5-9-20-13/h1-3,6-7,13-14H,4-5,8-11H2,(H,16,17). The van der Waals surface area contributed by atoms with Gasteiger partial charge < -0.3 is 9.84 Å². The van der Waals surface area contributed by atoms with Crippen molar-refractivity contribution in [1.82, 2.24) is 0 Å². The lowest BCUT2D eigenvalue weighted by Crippen LogP contribution is -2.39. The molecule has 5 nitrogen and oxygen atoms in total. The van der Waals surface area contributed by atoms with Crippen LogP contribution in [0.4, 0.5) is 0 Å². The van der Waals surface area contributed by atoms with Gasteiger partial charge in [0.05, 0.1) is 11.9 Å². The molecule has 0 radical (unpaired) electrons. The van der Waals surface area contributed by atoms with Crippen LogP contribution in [0.25, 0.3) is 0 Å². The highest BCUT2D eigenvalue weighted by Crippen LogP contribution is 2.19. The Labute approximate surface area is 124 Å². The topological polar surface area (TPSA) is 80.7 Å². The van der Waals surface area contributed by atoms with Crippen molar-refractivity contribution in [2.24, 2.45) is 0 Å². The molecule has 1 aromatic carbocycles. The predicted molar refractivity (Wildman–Crippen MR) is 78.9 cm³/mol. The predicted octanol–water partition coefficient (Wildman–Crippen LogP) is 1.67. The molecule has 0 aromatic heterocycles. The van der Waals surface area contributed by atoms with E-state index in [2.05, 4.69) is 0 Å². The minimum absolute atomic E-state index is 0.00870. The van der Waals surface area contributed by atoms with E-state index in [1.165, 1.54) is 0 Å². The number of benzene rings is 1. The maximum atomic E-state index is 12.4. The molecule has 2 atom stereocenters. The number of sulfone groups is 1. The van der Waals surface area contributed by atoms with Gasteiger partial charge in [0, 0.05) is 6.61 Å². The number of carbonyl (C=O) groups is 1. The number of hydrogen-bond acceptors (Lipinski definition) is 4. The van der Waals surface area contributed by atoms with Crippen LogP contribution in [-0.4, -0.2) is 43.2 Å². The number of ether oxygens (including phenoxy) is 1. The van der Waals surface area contributed by atoms with Crippen LogP contribution >= 0.6 is 0 Å². The van der Waals surface area contributed by atoms with E-state index < -0.39 is 21.1 Å². The molecule has 2 rings (SSSR count). The maximum Gasteiger partial charge on any atom is 0.322 e. The first kappa shape index (κ1) is 16.0. The van der Waals surface area contributed by atoms with Gasteiger partial charge in [0.2, 0.25) is 0 Å². The molecular weight excluding hydrogens is 292 g/mol. The van der Waals surface area contributed by atoms with E-state index in [4.69, 9.17) is 4.74 Å². The molecule has 1 heterocycles. The van der Waals surface area contributed by atoms with Gasteiger partial charge in [-0.15, -0.1) is 0 Å². The minimum atomic E-state index is -3.74. The maximum absolute atomic E-state index is 12.4. The highest BCUT2D eigenvalue weighted by Gasteiger charge is 2.35. The lowest BCUT2D eigenvalue weighted by atomic mass is 10.1. The zero-order valence-electron chi connectivity index (χ0n) is 11.8. The lowest BCUT2D eigenvalue weighted by Gasteiger charge is -2.24. The molecule has 0 aliphatic carbocycles. The van der Waals surface area contributed by atoms with Crippen LogP contribution in [0.3, 0.4) is 0 Å². The summed E-state index contributed by atoms with van der Waals surface area (Å²) in [7, 11) is -3.74. The summed E-state index contributed by atoms with van der Waals surface area (Å²) >= 11 is 0. The van der Waals surface area contributed by atoms with Gasteiger partial charge in [-0.25, -0.2) is 8.42 Å². The Balaban J connectivity index is 2.10. The Morgan fingerprint density at radius 1 is 1.29 bits per heavy atom. The summed E-state index contributed by atoms with van der Waals surface area (Å²) in [4.78, 5) is 11.4. The third-order valence-electron chi connectivity index (χ3n) is 3.67. The summed E-state index contributed by atoms with van der Waals surface area (Å²) in [6.07, 6.45) is 2.16. The Morgan fingerprint density at radius 3 is 2.57 bits per heavy atom. The lowest BCUT2D eigenvalue weighted by molar-refractivity contribution is -0.136. The van der Waals surface area contributed by atoms with Crippen LogP contribution in [0.2, 0.25) is 0 Å². The molecule has 0 amide bonds. The fourth-order valence-electron chi connectivity index (χ4n) is 2.51. The highest BCUT2D eigenvalue weighted by atomic mass is 32.2. The van der Waals surface area contributed by atoms with Crippen molar-refractivity contribution in [2.45, 2.75) is 37.0 Å². The van der Waals surface area contributed by atoms with Crippen molar-refractivity contribution in [1.29, 1.82) is 0 Å². The summed E-state index contributed by atoms with van der Waals surface area (Å²) in [5.74, 6) is -1.51. The Morgan fingerprint density at radius 2 is 2.00 bits per heavy atom. The first-order chi connectivity index (χ1) is 9.99. The first-order valence-electron chi connectivity index (χ1n) is 7.09. The van der Waals surface area contributed by atoms with Crippen LogP contribution in [0, 0.1) is 0 Å².